The van der Waals surface area contributed by atoms with Gasteiger partial charge in [-0.25, -0.2) is 0 Å². The second-order valence-corrected chi connectivity index (χ2v) is 7.68. The molecule has 7 nitrogen and oxygen atoms in total. The number of carbonyl (C=O) groups excluding carboxylic acids is 2. The number of furan rings is 1. The van der Waals surface area contributed by atoms with Gasteiger partial charge in [-0.05, 0) is 35.4 Å². The molecule has 1 aliphatic heterocycles. The second-order valence-electron chi connectivity index (χ2n) is 6.87. The first-order valence-corrected chi connectivity index (χ1v) is 10.1. The Morgan fingerprint density at radius 1 is 1.13 bits per heavy atom. The molecule has 2 aromatic carbocycles. The minimum atomic E-state index is -0.866. The Morgan fingerprint density at radius 3 is 2.67 bits per heavy atom. The van der Waals surface area contributed by atoms with E-state index in [1.807, 2.05) is 42.5 Å². The highest BCUT2D eigenvalue weighted by molar-refractivity contribution is 7.13. The number of carbonyl (C=O) groups is 2. The van der Waals surface area contributed by atoms with Gasteiger partial charge in [-0.2, -0.15) is 0 Å². The first-order valence-electron chi connectivity index (χ1n) is 9.18. The lowest BCUT2D eigenvalue weighted by Gasteiger charge is -2.25. The van der Waals surface area contributed by atoms with E-state index in [1.54, 1.807) is 13.0 Å². The fraction of sp³-hybridized carbons (Fsp3) is 0.0909. The van der Waals surface area contributed by atoms with Crippen LogP contribution in [0.4, 0.5) is 5.13 Å². The highest BCUT2D eigenvalue weighted by Gasteiger charge is 2.46. The molecule has 5 rings (SSSR count). The number of aliphatic hydroxyl groups is 1. The average Bonchev–Trinajstić information content (AvgIpc) is 3.48. The Morgan fingerprint density at radius 2 is 1.93 bits per heavy atom. The average molecular weight is 417 g/mol. The molecular formula is C22H15N3O4S. The van der Waals surface area contributed by atoms with Crippen LogP contribution in [0.15, 0.2) is 75.9 Å². The number of nitrogens with zero attached hydrogens (tertiary/aromatic N) is 3. The monoisotopic (exact) mass is 417 g/mol. The van der Waals surface area contributed by atoms with Crippen LogP contribution in [-0.4, -0.2) is 27.0 Å². The number of fused-ring (bicyclic) bond motifs is 1. The summed E-state index contributed by atoms with van der Waals surface area (Å²) in [5, 5.41) is 20.7. The Hall–Kier alpha value is -3.78. The van der Waals surface area contributed by atoms with E-state index in [0.29, 0.717) is 16.5 Å². The van der Waals surface area contributed by atoms with Crippen molar-refractivity contribution in [2.45, 2.75) is 13.0 Å². The van der Waals surface area contributed by atoms with E-state index in [1.165, 1.54) is 16.5 Å². The van der Waals surface area contributed by atoms with Crippen molar-refractivity contribution in [3.05, 3.63) is 88.5 Å². The minimum Gasteiger partial charge on any atom is -0.503 e. The third-order valence-electron chi connectivity index (χ3n) is 5.09. The third-order valence-corrected chi connectivity index (χ3v) is 5.78. The number of amides is 1. The molecule has 4 aromatic rings. The summed E-state index contributed by atoms with van der Waals surface area (Å²) in [5.74, 6) is -1.23. The number of hydrogen-bond acceptors (Lipinski definition) is 7. The van der Waals surface area contributed by atoms with E-state index >= 15 is 0 Å². The van der Waals surface area contributed by atoms with Gasteiger partial charge in [-0.1, -0.05) is 53.8 Å². The zero-order chi connectivity index (χ0) is 20.8. The van der Waals surface area contributed by atoms with E-state index in [-0.39, 0.29) is 11.3 Å². The zero-order valence-electron chi connectivity index (χ0n) is 15.8. The molecule has 0 radical (unpaired) electrons. The van der Waals surface area contributed by atoms with Crippen LogP contribution in [-0.2, 0) is 4.79 Å². The highest BCUT2D eigenvalue weighted by Crippen LogP contribution is 2.44. The summed E-state index contributed by atoms with van der Waals surface area (Å²) in [4.78, 5) is 27.7. The van der Waals surface area contributed by atoms with Gasteiger partial charge in [0.05, 0.1) is 11.6 Å². The van der Waals surface area contributed by atoms with Crippen LogP contribution in [0.1, 0.15) is 27.9 Å². The molecule has 3 heterocycles. The molecule has 8 heteroatoms. The molecule has 2 aromatic heterocycles. The molecule has 0 bridgehead atoms. The quantitative estimate of drug-likeness (QED) is 0.495. The number of Topliss-reactive ketones (excluding diaryl/α,β-unsaturated/α-hetero) is 1. The molecule has 1 aliphatic rings. The maximum atomic E-state index is 13.3. The largest absolute Gasteiger partial charge is 0.503 e. The number of aromatic nitrogens is 2. The van der Waals surface area contributed by atoms with Crippen molar-refractivity contribution < 1.29 is 19.1 Å². The van der Waals surface area contributed by atoms with E-state index in [0.717, 1.165) is 22.1 Å². The van der Waals surface area contributed by atoms with Crippen molar-refractivity contribution in [2.24, 2.45) is 0 Å². The third kappa shape index (κ3) is 2.73. The summed E-state index contributed by atoms with van der Waals surface area (Å²) >= 11 is 1.15. The molecule has 0 spiro atoms. The smallest absolute Gasteiger partial charge is 0.296 e. The minimum absolute atomic E-state index is 0.0408. The lowest BCUT2D eigenvalue weighted by atomic mass is 9.91. The van der Waals surface area contributed by atoms with Crippen molar-refractivity contribution in [2.75, 3.05) is 4.90 Å². The number of aliphatic hydroxyl groups excluding tert-OH is 1. The predicted octanol–water partition coefficient (Wildman–Crippen LogP) is 4.38. The molecule has 0 fully saturated rings. The predicted molar refractivity (Wildman–Crippen MR) is 112 cm³/mol. The maximum Gasteiger partial charge on any atom is 0.296 e. The lowest BCUT2D eigenvalue weighted by molar-refractivity contribution is -0.117. The first-order chi connectivity index (χ1) is 14.6. The van der Waals surface area contributed by atoms with Crippen molar-refractivity contribution >= 4 is 38.9 Å². The second kappa shape index (κ2) is 6.93. The molecule has 0 saturated heterocycles. The summed E-state index contributed by atoms with van der Waals surface area (Å²) < 4.78 is 5.49. The van der Waals surface area contributed by atoms with Gasteiger partial charge in [-0.3, -0.25) is 14.5 Å². The lowest BCUT2D eigenvalue weighted by Crippen LogP contribution is -2.31. The number of benzene rings is 2. The van der Waals surface area contributed by atoms with Gasteiger partial charge in [-0.15, -0.1) is 10.2 Å². The van der Waals surface area contributed by atoms with Crippen LogP contribution in [0.3, 0.4) is 0 Å². The van der Waals surface area contributed by atoms with Gasteiger partial charge in [0, 0.05) is 0 Å². The van der Waals surface area contributed by atoms with Crippen molar-refractivity contribution in [3.63, 3.8) is 0 Å². The van der Waals surface area contributed by atoms with Gasteiger partial charge in [0.15, 0.2) is 11.5 Å². The van der Waals surface area contributed by atoms with Crippen LogP contribution >= 0.6 is 11.3 Å². The van der Waals surface area contributed by atoms with Crippen molar-refractivity contribution in [1.29, 1.82) is 0 Å². The molecule has 0 aliphatic carbocycles. The number of hydrogen-bond donors (Lipinski definition) is 1. The normalized spacial score (nSPS) is 16.6. The van der Waals surface area contributed by atoms with Crippen LogP contribution in [0.25, 0.3) is 10.8 Å². The molecule has 1 unspecified atom stereocenters. The summed E-state index contributed by atoms with van der Waals surface area (Å²) in [5.41, 5.74) is 2.16. The van der Waals surface area contributed by atoms with Crippen LogP contribution in [0, 0.1) is 6.92 Å². The van der Waals surface area contributed by atoms with Gasteiger partial charge >= 0.3 is 0 Å². The van der Waals surface area contributed by atoms with Gasteiger partial charge in [0.1, 0.15) is 11.3 Å². The summed E-state index contributed by atoms with van der Waals surface area (Å²) in [6, 6.07) is 15.7. The van der Waals surface area contributed by atoms with E-state index in [4.69, 9.17) is 4.42 Å². The summed E-state index contributed by atoms with van der Waals surface area (Å²) in [7, 11) is 0. The van der Waals surface area contributed by atoms with Gasteiger partial charge in [0.2, 0.25) is 10.9 Å². The first kappa shape index (κ1) is 18.3. The number of rotatable bonds is 4. The zero-order valence-corrected chi connectivity index (χ0v) is 16.6. The highest BCUT2D eigenvalue weighted by atomic mass is 32.1. The molecule has 1 amide bonds. The van der Waals surface area contributed by atoms with Crippen LogP contribution in [0.2, 0.25) is 0 Å². The fourth-order valence-electron chi connectivity index (χ4n) is 3.78. The van der Waals surface area contributed by atoms with Gasteiger partial charge in [0.25, 0.3) is 5.91 Å². The Bertz CT molecular complexity index is 1320. The Labute approximate surface area is 174 Å². The SMILES string of the molecule is Cc1ccc(C(=O)C2=C(O)C(=O)N(c3nncs3)C2c2cccc3ccccc23)o1. The van der Waals surface area contributed by atoms with Crippen LogP contribution in [0.5, 0.6) is 0 Å². The number of aryl methyl sites for hydroxylation is 1. The molecule has 30 heavy (non-hydrogen) atoms. The summed E-state index contributed by atoms with van der Waals surface area (Å²) in [6.45, 7) is 1.72. The Balaban J connectivity index is 1.75. The maximum absolute atomic E-state index is 13.3. The van der Waals surface area contributed by atoms with Crippen molar-refractivity contribution in [3.8, 4) is 0 Å². The molecular weight excluding hydrogens is 402 g/mol. The number of anilines is 1. The molecule has 1 N–H and O–H groups in total. The van der Waals surface area contributed by atoms with Crippen LogP contribution < -0.4 is 4.90 Å². The summed E-state index contributed by atoms with van der Waals surface area (Å²) in [6.07, 6.45) is 0. The molecule has 1 atom stereocenters. The van der Waals surface area contributed by atoms with Crippen molar-refractivity contribution in [1.82, 2.24) is 10.2 Å². The standard InChI is InChI=1S/C22H15N3O4S/c1-12-9-10-16(29-12)19(26)17-18(15-8-4-6-13-5-2-3-7-14(13)15)25(21(28)20(17)27)22-24-23-11-30-22/h2-11,18,27H,1H3. The topological polar surface area (TPSA) is 96.5 Å². The van der Waals surface area contributed by atoms with E-state index < -0.39 is 23.5 Å². The molecule has 148 valence electrons. The van der Waals surface area contributed by atoms with E-state index in [2.05, 4.69) is 10.2 Å². The number of ketones is 1. The van der Waals surface area contributed by atoms with E-state index in [9.17, 15) is 14.7 Å². The Kier molecular flexibility index (Phi) is 4.22. The fourth-order valence-corrected chi connectivity index (χ4v) is 4.36. The van der Waals surface area contributed by atoms with Gasteiger partial charge < -0.3 is 9.52 Å². The molecule has 0 saturated carbocycles.